The van der Waals surface area contributed by atoms with Crippen molar-refractivity contribution in [2.24, 2.45) is 5.92 Å². The monoisotopic (exact) mass is 240 g/mol. The van der Waals surface area contributed by atoms with Crippen LogP contribution in [0.4, 0.5) is 4.39 Å². The zero-order valence-electron chi connectivity index (χ0n) is 8.63. The van der Waals surface area contributed by atoms with Crippen LogP contribution in [0.3, 0.4) is 0 Å². The first kappa shape index (κ1) is 12.5. The molecule has 1 aromatic rings. The standard InChI is InChI=1S/C11H10ClFN2O/c1-7(5-14)6-15-11(16)9-3-2-8(12)4-10(9)13/h2-4,7H,6H2,1H3,(H,15,16). The molecule has 0 radical (unpaired) electrons. The summed E-state index contributed by atoms with van der Waals surface area (Å²) in [5.74, 6) is -1.52. The number of hydrogen-bond acceptors (Lipinski definition) is 2. The van der Waals surface area contributed by atoms with Gasteiger partial charge in [0.1, 0.15) is 5.82 Å². The maximum atomic E-state index is 13.3. The summed E-state index contributed by atoms with van der Waals surface area (Å²) in [5.41, 5.74) is -0.0745. The Morgan fingerprint density at radius 2 is 2.38 bits per heavy atom. The molecule has 1 aromatic carbocycles. The van der Waals surface area contributed by atoms with Crippen LogP contribution in [0, 0.1) is 23.1 Å². The lowest BCUT2D eigenvalue weighted by Crippen LogP contribution is -2.28. The van der Waals surface area contributed by atoms with E-state index < -0.39 is 11.7 Å². The number of amides is 1. The fourth-order valence-corrected chi connectivity index (χ4v) is 1.22. The first-order valence-corrected chi connectivity index (χ1v) is 5.05. The van der Waals surface area contributed by atoms with Gasteiger partial charge >= 0.3 is 0 Å². The highest BCUT2D eigenvalue weighted by Crippen LogP contribution is 2.14. The predicted octanol–water partition coefficient (Wildman–Crippen LogP) is 2.37. The van der Waals surface area contributed by atoms with Gasteiger partial charge in [-0.25, -0.2) is 4.39 Å². The minimum atomic E-state index is -0.672. The molecule has 0 aliphatic carbocycles. The number of rotatable bonds is 3. The zero-order chi connectivity index (χ0) is 12.1. The van der Waals surface area contributed by atoms with Gasteiger partial charge in [0.2, 0.25) is 0 Å². The molecule has 0 saturated carbocycles. The largest absolute Gasteiger partial charge is 0.351 e. The smallest absolute Gasteiger partial charge is 0.254 e. The Bertz CT molecular complexity index is 442. The first-order valence-electron chi connectivity index (χ1n) is 4.67. The Kier molecular flexibility index (Phi) is 4.27. The van der Waals surface area contributed by atoms with Crippen molar-refractivity contribution in [2.45, 2.75) is 6.92 Å². The van der Waals surface area contributed by atoms with E-state index in [0.29, 0.717) is 0 Å². The number of nitrogens with zero attached hydrogens (tertiary/aromatic N) is 1. The maximum Gasteiger partial charge on any atom is 0.254 e. The number of carbonyl (C=O) groups excluding carboxylic acids is 1. The van der Waals surface area contributed by atoms with Crippen LogP contribution in [0.15, 0.2) is 18.2 Å². The van der Waals surface area contributed by atoms with Crippen LogP contribution in [-0.2, 0) is 0 Å². The molecule has 0 saturated heterocycles. The van der Waals surface area contributed by atoms with Crippen molar-refractivity contribution >= 4 is 17.5 Å². The fourth-order valence-electron chi connectivity index (χ4n) is 1.06. The second-order valence-corrected chi connectivity index (χ2v) is 3.80. The van der Waals surface area contributed by atoms with Crippen LogP contribution in [0.1, 0.15) is 17.3 Å². The Balaban J connectivity index is 2.71. The molecule has 1 atom stereocenters. The average molecular weight is 241 g/mol. The summed E-state index contributed by atoms with van der Waals surface area (Å²) in [7, 11) is 0. The number of halogens is 2. The number of hydrogen-bond donors (Lipinski definition) is 1. The highest BCUT2D eigenvalue weighted by Gasteiger charge is 2.12. The molecule has 0 aliphatic heterocycles. The van der Waals surface area contributed by atoms with Crippen LogP contribution in [-0.4, -0.2) is 12.5 Å². The summed E-state index contributed by atoms with van der Waals surface area (Å²) >= 11 is 5.56. The van der Waals surface area contributed by atoms with Crippen LogP contribution >= 0.6 is 11.6 Å². The summed E-state index contributed by atoms with van der Waals surface area (Å²) in [6.07, 6.45) is 0. The highest BCUT2D eigenvalue weighted by atomic mass is 35.5. The molecule has 1 rings (SSSR count). The third kappa shape index (κ3) is 3.21. The van der Waals surface area contributed by atoms with Gasteiger partial charge in [-0.05, 0) is 25.1 Å². The molecular formula is C11H10ClFN2O. The summed E-state index contributed by atoms with van der Waals surface area (Å²) in [6.45, 7) is 1.86. The van der Waals surface area contributed by atoms with Crippen molar-refractivity contribution in [3.8, 4) is 6.07 Å². The molecule has 3 nitrogen and oxygen atoms in total. The molecule has 0 aromatic heterocycles. The van der Waals surface area contributed by atoms with Gasteiger partial charge in [0.15, 0.2) is 0 Å². The van der Waals surface area contributed by atoms with E-state index in [-0.39, 0.29) is 23.0 Å². The van der Waals surface area contributed by atoms with E-state index in [1.807, 2.05) is 6.07 Å². The number of nitriles is 1. The molecule has 0 aliphatic rings. The van der Waals surface area contributed by atoms with Crippen LogP contribution < -0.4 is 5.32 Å². The van der Waals surface area contributed by atoms with Gasteiger partial charge in [-0.1, -0.05) is 11.6 Å². The Hall–Kier alpha value is -1.60. The Morgan fingerprint density at radius 1 is 1.69 bits per heavy atom. The van der Waals surface area contributed by atoms with E-state index in [9.17, 15) is 9.18 Å². The van der Waals surface area contributed by atoms with Crippen molar-refractivity contribution in [1.29, 1.82) is 5.26 Å². The van der Waals surface area contributed by atoms with Gasteiger partial charge in [-0.15, -0.1) is 0 Å². The maximum absolute atomic E-state index is 13.3. The lowest BCUT2D eigenvalue weighted by atomic mass is 10.1. The molecule has 16 heavy (non-hydrogen) atoms. The summed E-state index contributed by atoms with van der Waals surface area (Å²) in [5, 5.41) is 11.2. The van der Waals surface area contributed by atoms with Gasteiger partial charge in [0, 0.05) is 11.6 Å². The molecule has 1 amide bonds. The van der Waals surface area contributed by atoms with Crippen molar-refractivity contribution in [3.05, 3.63) is 34.6 Å². The SMILES string of the molecule is CC(C#N)CNC(=O)c1ccc(Cl)cc1F. The minimum absolute atomic E-state index is 0.0745. The molecule has 0 bridgehead atoms. The molecule has 0 fully saturated rings. The summed E-state index contributed by atoms with van der Waals surface area (Å²) < 4.78 is 13.3. The van der Waals surface area contributed by atoms with Crippen LogP contribution in [0.5, 0.6) is 0 Å². The highest BCUT2D eigenvalue weighted by molar-refractivity contribution is 6.30. The van der Waals surface area contributed by atoms with Crippen LogP contribution in [0.2, 0.25) is 5.02 Å². The lowest BCUT2D eigenvalue weighted by Gasteiger charge is -2.06. The van der Waals surface area contributed by atoms with E-state index in [0.717, 1.165) is 6.07 Å². The quantitative estimate of drug-likeness (QED) is 0.882. The van der Waals surface area contributed by atoms with E-state index in [4.69, 9.17) is 16.9 Å². The predicted molar refractivity (Wildman–Crippen MR) is 58.5 cm³/mol. The van der Waals surface area contributed by atoms with E-state index in [1.54, 1.807) is 6.92 Å². The fraction of sp³-hybridized carbons (Fsp3) is 0.273. The topological polar surface area (TPSA) is 52.9 Å². The van der Waals surface area contributed by atoms with Crippen molar-refractivity contribution in [3.63, 3.8) is 0 Å². The second-order valence-electron chi connectivity index (χ2n) is 3.36. The molecule has 84 valence electrons. The van der Waals surface area contributed by atoms with Crippen molar-refractivity contribution in [2.75, 3.05) is 6.54 Å². The van der Waals surface area contributed by atoms with E-state index >= 15 is 0 Å². The normalized spacial score (nSPS) is 11.6. The molecule has 1 N–H and O–H groups in total. The summed E-state index contributed by atoms with van der Waals surface area (Å²) in [6, 6.07) is 5.79. The third-order valence-corrected chi connectivity index (χ3v) is 2.20. The lowest BCUT2D eigenvalue weighted by molar-refractivity contribution is 0.0947. The van der Waals surface area contributed by atoms with Gasteiger partial charge in [0.05, 0.1) is 17.6 Å². The van der Waals surface area contributed by atoms with Crippen molar-refractivity contribution in [1.82, 2.24) is 5.32 Å². The third-order valence-electron chi connectivity index (χ3n) is 1.96. The van der Waals surface area contributed by atoms with Crippen LogP contribution in [0.25, 0.3) is 0 Å². The molecule has 5 heteroatoms. The van der Waals surface area contributed by atoms with Gasteiger partial charge in [-0.3, -0.25) is 4.79 Å². The van der Waals surface area contributed by atoms with Gasteiger partial charge < -0.3 is 5.32 Å². The van der Waals surface area contributed by atoms with Gasteiger partial charge in [0.25, 0.3) is 5.91 Å². The number of benzene rings is 1. The molecule has 0 spiro atoms. The average Bonchev–Trinajstić information content (AvgIpc) is 2.25. The minimum Gasteiger partial charge on any atom is -0.351 e. The summed E-state index contributed by atoms with van der Waals surface area (Å²) in [4.78, 5) is 11.5. The van der Waals surface area contributed by atoms with Crippen molar-refractivity contribution < 1.29 is 9.18 Å². The van der Waals surface area contributed by atoms with E-state index in [2.05, 4.69) is 5.32 Å². The first-order chi connectivity index (χ1) is 7.54. The van der Waals surface area contributed by atoms with Gasteiger partial charge in [-0.2, -0.15) is 5.26 Å². The molecule has 0 heterocycles. The Morgan fingerprint density at radius 3 is 2.94 bits per heavy atom. The molecular weight excluding hydrogens is 231 g/mol. The zero-order valence-corrected chi connectivity index (χ0v) is 9.38. The molecule has 1 unspecified atom stereocenters. The Labute approximate surface area is 97.8 Å². The second kappa shape index (κ2) is 5.47. The number of nitrogens with one attached hydrogen (secondary N) is 1. The number of carbonyl (C=O) groups is 1. The van der Waals surface area contributed by atoms with E-state index in [1.165, 1.54) is 12.1 Å².